The van der Waals surface area contributed by atoms with Gasteiger partial charge in [0.05, 0.1) is 6.61 Å². The molecule has 12 heavy (non-hydrogen) atoms. The third kappa shape index (κ3) is 3.69. The molecular weight excluding hydrogens is 158 g/mol. The van der Waals surface area contributed by atoms with Crippen molar-refractivity contribution in [2.75, 3.05) is 26.8 Å². The molecule has 0 heterocycles. The van der Waals surface area contributed by atoms with E-state index >= 15 is 0 Å². The molecule has 0 saturated carbocycles. The second kappa shape index (κ2) is 5.97. The van der Waals surface area contributed by atoms with Gasteiger partial charge in [-0.05, 0) is 13.5 Å². The molecule has 0 aromatic heterocycles. The van der Waals surface area contributed by atoms with Gasteiger partial charge >= 0.3 is 5.97 Å². The first-order valence-corrected chi connectivity index (χ1v) is 4.09. The highest BCUT2D eigenvalue weighted by molar-refractivity contribution is 5.72. The molecule has 1 unspecified atom stereocenters. The van der Waals surface area contributed by atoms with Gasteiger partial charge in [0, 0.05) is 13.7 Å². The molecular formula is C8H17NO3. The predicted molar refractivity (Wildman–Crippen MR) is 46.2 cm³/mol. The number of methoxy groups -OCH3 is 1. The molecule has 1 N–H and O–H groups in total. The minimum Gasteiger partial charge on any atom is -0.480 e. The lowest BCUT2D eigenvalue weighted by molar-refractivity contribution is -0.142. The van der Waals surface area contributed by atoms with E-state index in [2.05, 4.69) is 0 Å². The van der Waals surface area contributed by atoms with E-state index in [-0.39, 0.29) is 0 Å². The summed E-state index contributed by atoms with van der Waals surface area (Å²) in [6.45, 7) is 5.60. The van der Waals surface area contributed by atoms with Crippen molar-refractivity contribution in [3.8, 4) is 0 Å². The molecule has 0 aliphatic carbocycles. The van der Waals surface area contributed by atoms with Gasteiger partial charge in [0.25, 0.3) is 0 Å². The SMILES string of the molecule is CCN(CCOC)C(C)C(=O)O. The Morgan fingerprint density at radius 2 is 2.25 bits per heavy atom. The van der Waals surface area contributed by atoms with Crippen molar-refractivity contribution in [3.05, 3.63) is 0 Å². The molecule has 0 aromatic rings. The molecule has 4 nitrogen and oxygen atoms in total. The predicted octanol–water partition coefficient (Wildman–Crippen LogP) is 0.428. The number of carboxylic acids is 1. The zero-order chi connectivity index (χ0) is 9.56. The van der Waals surface area contributed by atoms with E-state index in [0.29, 0.717) is 13.2 Å². The Morgan fingerprint density at radius 3 is 2.58 bits per heavy atom. The fraction of sp³-hybridized carbons (Fsp3) is 0.875. The van der Waals surface area contributed by atoms with E-state index in [1.165, 1.54) is 0 Å². The van der Waals surface area contributed by atoms with Crippen LogP contribution in [0.1, 0.15) is 13.8 Å². The first-order valence-electron chi connectivity index (χ1n) is 4.09. The van der Waals surface area contributed by atoms with Crippen LogP contribution in [-0.2, 0) is 9.53 Å². The summed E-state index contributed by atoms with van der Waals surface area (Å²) in [5.41, 5.74) is 0. The second-order valence-corrected chi connectivity index (χ2v) is 2.64. The fourth-order valence-corrected chi connectivity index (χ4v) is 0.990. The van der Waals surface area contributed by atoms with Crippen LogP contribution in [0.5, 0.6) is 0 Å². The van der Waals surface area contributed by atoms with Gasteiger partial charge in [0.15, 0.2) is 0 Å². The molecule has 4 heteroatoms. The molecule has 1 atom stereocenters. The zero-order valence-electron chi connectivity index (χ0n) is 7.91. The van der Waals surface area contributed by atoms with Gasteiger partial charge in [0.2, 0.25) is 0 Å². The maximum absolute atomic E-state index is 10.6. The Morgan fingerprint density at radius 1 is 1.67 bits per heavy atom. The van der Waals surface area contributed by atoms with Crippen molar-refractivity contribution in [1.82, 2.24) is 4.90 Å². The first-order chi connectivity index (χ1) is 5.63. The molecule has 0 saturated heterocycles. The van der Waals surface area contributed by atoms with Crippen molar-refractivity contribution in [2.45, 2.75) is 19.9 Å². The smallest absolute Gasteiger partial charge is 0.320 e. The minimum atomic E-state index is -0.784. The van der Waals surface area contributed by atoms with Crippen LogP contribution in [0.15, 0.2) is 0 Å². The van der Waals surface area contributed by atoms with Crippen molar-refractivity contribution < 1.29 is 14.6 Å². The number of nitrogens with zero attached hydrogens (tertiary/aromatic N) is 1. The Kier molecular flexibility index (Phi) is 5.66. The van der Waals surface area contributed by atoms with E-state index in [0.717, 1.165) is 6.54 Å². The number of carbonyl (C=O) groups is 1. The monoisotopic (exact) mass is 175 g/mol. The van der Waals surface area contributed by atoms with Crippen LogP contribution in [0.3, 0.4) is 0 Å². The number of carboxylic acid groups (broad SMARTS) is 1. The molecule has 72 valence electrons. The summed E-state index contributed by atoms with van der Waals surface area (Å²) in [6, 6.07) is -0.426. The summed E-state index contributed by atoms with van der Waals surface area (Å²) in [4.78, 5) is 12.4. The van der Waals surface area contributed by atoms with Crippen LogP contribution in [0.2, 0.25) is 0 Å². The number of hydrogen-bond donors (Lipinski definition) is 1. The Bertz CT molecular complexity index is 138. The molecule has 0 aromatic carbocycles. The van der Waals surface area contributed by atoms with Crippen molar-refractivity contribution >= 4 is 5.97 Å². The lowest BCUT2D eigenvalue weighted by Crippen LogP contribution is -2.40. The summed E-state index contributed by atoms with van der Waals surface area (Å²) in [7, 11) is 1.61. The molecule has 0 fully saturated rings. The van der Waals surface area contributed by atoms with Crippen LogP contribution in [0.4, 0.5) is 0 Å². The van der Waals surface area contributed by atoms with E-state index in [1.807, 2.05) is 11.8 Å². The summed E-state index contributed by atoms with van der Waals surface area (Å²) < 4.78 is 4.87. The van der Waals surface area contributed by atoms with Crippen LogP contribution >= 0.6 is 0 Å². The molecule has 0 rings (SSSR count). The van der Waals surface area contributed by atoms with E-state index in [9.17, 15) is 4.79 Å². The summed E-state index contributed by atoms with van der Waals surface area (Å²) in [6.07, 6.45) is 0. The third-order valence-electron chi connectivity index (χ3n) is 1.89. The Hall–Kier alpha value is -0.610. The van der Waals surface area contributed by atoms with Gasteiger partial charge in [-0.15, -0.1) is 0 Å². The largest absolute Gasteiger partial charge is 0.480 e. The van der Waals surface area contributed by atoms with E-state index < -0.39 is 12.0 Å². The molecule has 0 amide bonds. The average Bonchev–Trinajstić information content (AvgIpc) is 2.05. The lowest BCUT2D eigenvalue weighted by atomic mass is 10.3. The van der Waals surface area contributed by atoms with Crippen LogP contribution < -0.4 is 0 Å². The van der Waals surface area contributed by atoms with Crippen molar-refractivity contribution in [3.63, 3.8) is 0 Å². The highest BCUT2D eigenvalue weighted by Crippen LogP contribution is 1.97. The molecule has 0 aliphatic rings. The van der Waals surface area contributed by atoms with E-state index in [1.54, 1.807) is 14.0 Å². The number of likely N-dealkylation sites (N-methyl/N-ethyl adjacent to an activating group) is 1. The highest BCUT2D eigenvalue weighted by Gasteiger charge is 2.17. The van der Waals surface area contributed by atoms with Crippen molar-refractivity contribution in [1.29, 1.82) is 0 Å². The first kappa shape index (κ1) is 11.4. The zero-order valence-corrected chi connectivity index (χ0v) is 7.91. The summed E-state index contributed by atoms with van der Waals surface area (Å²) >= 11 is 0. The van der Waals surface area contributed by atoms with Gasteiger partial charge in [-0.3, -0.25) is 9.69 Å². The number of hydrogen-bond acceptors (Lipinski definition) is 3. The minimum absolute atomic E-state index is 0.426. The maximum atomic E-state index is 10.6. The number of ether oxygens (including phenoxy) is 1. The third-order valence-corrected chi connectivity index (χ3v) is 1.89. The van der Waals surface area contributed by atoms with Crippen LogP contribution in [0.25, 0.3) is 0 Å². The van der Waals surface area contributed by atoms with Gasteiger partial charge in [-0.2, -0.15) is 0 Å². The summed E-state index contributed by atoms with van der Waals surface area (Å²) in [5, 5.41) is 8.70. The quantitative estimate of drug-likeness (QED) is 0.636. The molecule has 0 aliphatic heterocycles. The van der Waals surface area contributed by atoms with Gasteiger partial charge in [-0.25, -0.2) is 0 Å². The van der Waals surface area contributed by atoms with Gasteiger partial charge in [-0.1, -0.05) is 6.92 Å². The molecule has 0 spiro atoms. The van der Waals surface area contributed by atoms with E-state index in [4.69, 9.17) is 9.84 Å². The maximum Gasteiger partial charge on any atom is 0.320 e. The molecule has 0 radical (unpaired) electrons. The standard InChI is InChI=1S/C8H17NO3/c1-4-9(5-6-12-3)7(2)8(10)11/h7H,4-6H2,1-3H3,(H,10,11). The van der Waals surface area contributed by atoms with Gasteiger partial charge < -0.3 is 9.84 Å². The normalized spacial score (nSPS) is 13.3. The topological polar surface area (TPSA) is 49.8 Å². The van der Waals surface area contributed by atoms with Gasteiger partial charge in [0.1, 0.15) is 6.04 Å². The second-order valence-electron chi connectivity index (χ2n) is 2.64. The van der Waals surface area contributed by atoms with Crippen molar-refractivity contribution in [2.24, 2.45) is 0 Å². The van der Waals surface area contributed by atoms with Crippen LogP contribution in [0, 0.1) is 0 Å². The highest BCUT2D eigenvalue weighted by atomic mass is 16.5. The summed E-state index contributed by atoms with van der Waals surface area (Å²) in [5.74, 6) is -0.784. The van der Waals surface area contributed by atoms with Crippen LogP contribution in [-0.4, -0.2) is 48.8 Å². The number of aliphatic carboxylic acids is 1. The Labute approximate surface area is 73.1 Å². The molecule has 0 bridgehead atoms. The number of rotatable bonds is 6. The average molecular weight is 175 g/mol. The fourth-order valence-electron chi connectivity index (χ4n) is 0.990. The Balaban J connectivity index is 3.87. The lowest BCUT2D eigenvalue weighted by Gasteiger charge is -2.23.